The number of rotatable bonds is 7. The molecular weight excluding hydrogens is 530 g/mol. The molecule has 2 N–H and O–H groups in total. The van der Waals surface area contributed by atoms with E-state index in [4.69, 9.17) is 21.3 Å². The predicted molar refractivity (Wildman–Crippen MR) is 157 cm³/mol. The highest BCUT2D eigenvalue weighted by Gasteiger charge is 2.24. The highest BCUT2D eigenvalue weighted by Crippen LogP contribution is 2.39. The number of pyridine rings is 1. The number of carbonyl (C=O) groups is 1. The molecule has 0 radical (unpaired) electrons. The van der Waals surface area contributed by atoms with Gasteiger partial charge in [0.25, 0.3) is 5.91 Å². The van der Waals surface area contributed by atoms with Crippen molar-refractivity contribution in [3.63, 3.8) is 0 Å². The van der Waals surface area contributed by atoms with E-state index in [1.54, 1.807) is 47.9 Å². The molecule has 0 fully saturated rings. The summed E-state index contributed by atoms with van der Waals surface area (Å²) in [6, 6.07) is 21.4. The Labute approximate surface area is 236 Å². The summed E-state index contributed by atoms with van der Waals surface area (Å²) in [5.74, 6) is 0.204. The fourth-order valence-corrected chi connectivity index (χ4v) is 5.53. The lowest BCUT2D eigenvalue weighted by molar-refractivity contribution is -0.123. The van der Waals surface area contributed by atoms with Crippen LogP contribution >= 0.6 is 22.9 Å². The van der Waals surface area contributed by atoms with Gasteiger partial charge in [-0.05, 0) is 35.9 Å². The molecule has 39 heavy (non-hydrogen) atoms. The molecule has 5 rings (SSSR count). The first-order valence-corrected chi connectivity index (χ1v) is 13.8. The molecule has 198 valence electrons. The number of hydrogen-bond donors (Lipinski definition) is 2. The quantitative estimate of drug-likeness (QED) is 0.219. The minimum absolute atomic E-state index is 0.0349. The minimum atomic E-state index is -0.698. The zero-order valence-electron chi connectivity index (χ0n) is 21.8. The Hall–Kier alpha value is -3.94. The SMILES string of the molecule is CC(C)(C)c1csc(-c2ccc(C(NC(=O)COc3ccccc3)c3cc(Cl)c4cccnc4c3O)cc2)n1. The van der Waals surface area contributed by atoms with E-state index in [0.717, 1.165) is 21.8 Å². The van der Waals surface area contributed by atoms with Gasteiger partial charge in [-0.2, -0.15) is 0 Å². The van der Waals surface area contributed by atoms with Gasteiger partial charge in [-0.25, -0.2) is 4.98 Å². The van der Waals surface area contributed by atoms with E-state index < -0.39 is 6.04 Å². The summed E-state index contributed by atoms with van der Waals surface area (Å²) in [5.41, 5.74) is 3.55. The number of benzene rings is 3. The number of carbonyl (C=O) groups excluding carboxylic acids is 1. The van der Waals surface area contributed by atoms with Crippen LogP contribution < -0.4 is 10.1 Å². The first kappa shape index (κ1) is 26.7. The average Bonchev–Trinajstić information content (AvgIpc) is 3.45. The van der Waals surface area contributed by atoms with Gasteiger partial charge in [0.05, 0.1) is 16.8 Å². The van der Waals surface area contributed by atoms with Crippen LogP contribution in [0.2, 0.25) is 5.02 Å². The number of hydrogen-bond acceptors (Lipinski definition) is 6. The van der Waals surface area contributed by atoms with Gasteiger partial charge in [0.2, 0.25) is 0 Å². The fourth-order valence-electron chi connectivity index (χ4n) is 4.20. The van der Waals surface area contributed by atoms with Crippen molar-refractivity contribution in [2.45, 2.75) is 32.2 Å². The Kier molecular flexibility index (Phi) is 7.55. The number of thiazole rings is 1. The van der Waals surface area contributed by atoms with Crippen molar-refractivity contribution < 1.29 is 14.6 Å². The second-order valence-electron chi connectivity index (χ2n) is 10.2. The van der Waals surface area contributed by atoms with E-state index in [-0.39, 0.29) is 23.7 Å². The Morgan fingerprint density at radius 2 is 1.82 bits per heavy atom. The van der Waals surface area contributed by atoms with Gasteiger partial charge in [-0.15, -0.1) is 11.3 Å². The first-order valence-electron chi connectivity index (χ1n) is 12.5. The van der Waals surface area contributed by atoms with Crippen LogP contribution in [0.3, 0.4) is 0 Å². The lowest BCUT2D eigenvalue weighted by Gasteiger charge is -2.22. The summed E-state index contributed by atoms with van der Waals surface area (Å²) in [6.07, 6.45) is 1.60. The van der Waals surface area contributed by atoms with Gasteiger partial charge in [0.1, 0.15) is 22.0 Å². The maximum absolute atomic E-state index is 13.0. The minimum Gasteiger partial charge on any atom is -0.505 e. The summed E-state index contributed by atoms with van der Waals surface area (Å²) in [7, 11) is 0. The Balaban J connectivity index is 1.49. The average molecular weight is 558 g/mol. The highest BCUT2D eigenvalue weighted by atomic mass is 35.5. The number of nitrogens with zero attached hydrogens (tertiary/aromatic N) is 2. The van der Waals surface area contributed by atoms with Crippen molar-refractivity contribution in [1.82, 2.24) is 15.3 Å². The van der Waals surface area contributed by atoms with Crippen molar-refractivity contribution >= 4 is 39.7 Å². The van der Waals surface area contributed by atoms with E-state index in [2.05, 4.69) is 36.5 Å². The van der Waals surface area contributed by atoms with Gasteiger partial charge in [-0.1, -0.05) is 74.8 Å². The third-order valence-electron chi connectivity index (χ3n) is 6.34. The lowest BCUT2D eigenvalue weighted by Crippen LogP contribution is -2.33. The summed E-state index contributed by atoms with van der Waals surface area (Å²) in [5, 5.41) is 18.3. The molecule has 8 heteroatoms. The predicted octanol–water partition coefficient (Wildman–Crippen LogP) is 7.30. The Bertz CT molecular complexity index is 1610. The molecule has 5 aromatic rings. The van der Waals surface area contributed by atoms with Gasteiger partial charge < -0.3 is 15.2 Å². The van der Waals surface area contributed by atoms with E-state index in [1.807, 2.05) is 42.5 Å². The molecular formula is C31H28ClN3O3S. The van der Waals surface area contributed by atoms with Crippen molar-refractivity contribution in [2.24, 2.45) is 0 Å². The topological polar surface area (TPSA) is 84.3 Å². The van der Waals surface area contributed by atoms with Crippen LogP contribution in [0, 0.1) is 0 Å². The van der Waals surface area contributed by atoms with Gasteiger partial charge >= 0.3 is 0 Å². The number of halogens is 1. The molecule has 1 unspecified atom stereocenters. The molecule has 6 nitrogen and oxygen atoms in total. The molecule has 1 atom stereocenters. The van der Waals surface area contributed by atoms with Crippen LogP contribution in [0.15, 0.2) is 84.4 Å². The monoisotopic (exact) mass is 557 g/mol. The van der Waals surface area contributed by atoms with Crippen LogP contribution in [0.5, 0.6) is 11.5 Å². The Morgan fingerprint density at radius 1 is 1.08 bits per heavy atom. The van der Waals surface area contributed by atoms with Gasteiger partial charge in [-0.3, -0.25) is 9.78 Å². The van der Waals surface area contributed by atoms with Crippen LogP contribution in [0.4, 0.5) is 0 Å². The number of aromatic hydroxyl groups is 1. The molecule has 0 aliphatic carbocycles. The van der Waals surface area contributed by atoms with E-state index in [1.165, 1.54) is 0 Å². The van der Waals surface area contributed by atoms with Crippen molar-refractivity contribution in [2.75, 3.05) is 6.61 Å². The number of aromatic nitrogens is 2. The second kappa shape index (κ2) is 11.0. The third kappa shape index (κ3) is 5.90. The Morgan fingerprint density at radius 3 is 2.51 bits per heavy atom. The molecule has 2 aromatic heterocycles. The summed E-state index contributed by atoms with van der Waals surface area (Å²) in [4.78, 5) is 22.2. The number of ether oxygens (including phenoxy) is 1. The van der Waals surface area contributed by atoms with Gasteiger partial charge in [0.15, 0.2) is 6.61 Å². The normalized spacial score (nSPS) is 12.3. The third-order valence-corrected chi connectivity index (χ3v) is 7.54. The fraction of sp³-hybridized carbons (Fsp3) is 0.194. The maximum atomic E-state index is 13.0. The molecule has 1 amide bonds. The number of phenols is 1. The standard InChI is InChI=1S/C31H28ClN3O3S/c1-31(2,3)25-18-39-30(34-25)20-13-11-19(12-14-20)27(35-26(36)17-38-21-8-5-4-6-9-21)23-16-24(32)22-10-7-15-33-28(22)29(23)37/h4-16,18,27,37H,17H2,1-3H3,(H,35,36). The van der Waals surface area contributed by atoms with Crippen LogP contribution in [-0.4, -0.2) is 27.6 Å². The number of amides is 1. The molecule has 3 aromatic carbocycles. The number of fused-ring (bicyclic) bond motifs is 1. The molecule has 0 saturated carbocycles. The van der Waals surface area contributed by atoms with E-state index in [9.17, 15) is 9.90 Å². The molecule has 0 spiro atoms. The number of phenolic OH excluding ortho intramolecular Hbond substituents is 1. The number of nitrogens with one attached hydrogen (secondary N) is 1. The largest absolute Gasteiger partial charge is 0.505 e. The van der Waals surface area contributed by atoms with Gasteiger partial charge in [0, 0.05) is 33.5 Å². The van der Waals surface area contributed by atoms with E-state index >= 15 is 0 Å². The maximum Gasteiger partial charge on any atom is 0.258 e. The second-order valence-corrected chi connectivity index (χ2v) is 11.5. The van der Waals surface area contributed by atoms with E-state index in [0.29, 0.717) is 27.2 Å². The summed E-state index contributed by atoms with van der Waals surface area (Å²) >= 11 is 8.19. The van der Waals surface area contributed by atoms with Crippen LogP contribution in [-0.2, 0) is 10.2 Å². The smallest absolute Gasteiger partial charge is 0.258 e. The summed E-state index contributed by atoms with van der Waals surface area (Å²) < 4.78 is 5.65. The zero-order valence-corrected chi connectivity index (χ0v) is 23.4. The zero-order chi connectivity index (χ0) is 27.6. The molecule has 0 aliphatic heterocycles. The number of para-hydroxylation sites is 1. The summed E-state index contributed by atoms with van der Waals surface area (Å²) in [6.45, 7) is 6.23. The first-order chi connectivity index (χ1) is 18.7. The van der Waals surface area contributed by atoms with Crippen molar-refractivity contribution in [3.8, 4) is 22.1 Å². The highest BCUT2D eigenvalue weighted by molar-refractivity contribution is 7.13. The lowest BCUT2D eigenvalue weighted by atomic mass is 9.93. The molecule has 0 aliphatic rings. The van der Waals surface area contributed by atoms with Crippen LogP contribution in [0.1, 0.15) is 43.6 Å². The van der Waals surface area contributed by atoms with Crippen molar-refractivity contribution in [1.29, 1.82) is 0 Å². The van der Waals surface area contributed by atoms with Crippen molar-refractivity contribution in [3.05, 3.63) is 106 Å². The van der Waals surface area contributed by atoms with Crippen LogP contribution in [0.25, 0.3) is 21.5 Å². The molecule has 0 bridgehead atoms. The molecule has 2 heterocycles. The molecule has 0 saturated heterocycles.